The third-order valence-electron chi connectivity index (χ3n) is 7.69. The van der Waals surface area contributed by atoms with Crippen LogP contribution in [0, 0.1) is 0 Å². The minimum absolute atomic E-state index is 0.0441. The van der Waals surface area contributed by atoms with Crippen molar-refractivity contribution in [3.8, 4) is 17.1 Å². The van der Waals surface area contributed by atoms with E-state index >= 15 is 0 Å². The number of halogens is 2. The maximum absolute atomic E-state index is 14.4. The number of amides is 1. The first-order chi connectivity index (χ1) is 20.9. The van der Waals surface area contributed by atoms with E-state index in [2.05, 4.69) is 0 Å². The minimum Gasteiger partial charge on any atom is -0.366 e. The number of hydrogen-bond donors (Lipinski definition) is 1. The van der Waals surface area contributed by atoms with Crippen LogP contribution in [0.5, 0.6) is 0 Å². The van der Waals surface area contributed by atoms with Crippen LogP contribution in [0.2, 0.25) is 10.0 Å². The quantitative estimate of drug-likeness (QED) is 0.263. The van der Waals surface area contributed by atoms with Crippen LogP contribution in [-0.2, 0) is 16.0 Å². The summed E-state index contributed by atoms with van der Waals surface area (Å²) in [6, 6.07) is 20.1. The largest absolute Gasteiger partial charge is 0.366 e. The Morgan fingerprint density at radius 1 is 1.05 bits per heavy atom. The van der Waals surface area contributed by atoms with E-state index in [0.29, 0.717) is 38.2 Å². The summed E-state index contributed by atoms with van der Waals surface area (Å²) in [5.41, 5.74) is 6.85. The van der Waals surface area contributed by atoms with Crippen molar-refractivity contribution >= 4 is 40.3 Å². The summed E-state index contributed by atoms with van der Waals surface area (Å²) < 4.78 is 16.0. The molecule has 3 aromatic carbocycles. The molecule has 5 aromatic rings. The predicted octanol–water partition coefficient (Wildman–Crippen LogP) is 5.18. The molecule has 6 rings (SSSR count). The van der Waals surface area contributed by atoms with Gasteiger partial charge in [-0.25, -0.2) is 9.78 Å². The molecule has 1 aliphatic heterocycles. The Labute approximate surface area is 262 Å². The first kappa shape index (κ1) is 29.8. The van der Waals surface area contributed by atoms with Gasteiger partial charge in [0.15, 0.2) is 17.0 Å². The van der Waals surface area contributed by atoms with E-state index in [1.807, 2.05) is 13.0 Å². The van der Waals surface area contributed by atoms with Gasteiger partial charge in [-0.15, -0.1) is 0 Å². The maximum Gasteiger partial charge on any atom is 0.333 e. The van der Waals surface area contributed by atoms with Gasteiger partial charge in [0.2, 0.25) is 5.91 Å². The van der Waals surface area contributed by atoms with Gasteiger partial charge in [0.25, 0.3) is 5.56 Å². The molecular weight excluding hydrogens is 605 g/mol. The molecule has 1 aliphatic rings. The number of fused-ring (bicyclic) bond motifs is 1. The van der Waals surface area contributed by atoms with Crippen LogP contribution < -0.4 is 17.0 Å². The summed E-state index contributed by atoms with van der Waals surface area (Å²) >= 11 is 12.9. The van der Waals surface area contributed by atoms with Crippen LogP contribution in [-0.4, -0.2) is 43.1 Å². The highest BCUT2D eigenvalue weighted by Crippen LogP contribution is 2.33. The molecule has 1 amide bonds. The standard InChI is InChI=1S/C32H29Cl2N5O5/c1-18(19-8-10-20(11-9-19)27(35)40)38-29-26(30(41)37(31(38)42)16-23-17-43-32(2,3)44-23)39(22-14-12-21(33)13-15-22)28(36-29)24-6-4-5-7-25(24)34/h4-15,18,23H,16-17H2,1-3H3,(H2,35,40)/t18?,23-/m1/s1. The molecule has 2 N–H and O–H groups in total. The number of carbonyl (C=O) groups excluding carboxylic acids is 1. The number of nitrogens with zero attached hydrogens (tertiary/aromatic N) is 4. The minimum atomic E-state index is -0.852. The zero-order chi connectivity index (χ0) is 31.3. The van der Waals surface area contributed by atoms with Gasteiger partial charge in [0, 0.05) is 21.8 Å². The maximum atomic E-state index is 14.4. The molecule has 2 aromatic heterocycles. The van der Waals surface area contributed by atoms with Crippen molar-refractivity contribution < 1.29 is 14.3 Å². The van der Waals surface area contributed by atoms with Crippen LogP contribution in [0.3, 0.4) is 0 Å². The van der Waals surface area contributed by atoms with Crippen LogP contribution in [0.25, 0.3) is 28.2 Å². The van der Waals surface area contributed by atoms with E-state index in [1.165, 1.54) is 4.57 Å². The predicted molar refractivity (Wildman–Crippen MR) is 169 cm³/mol. The van der Waals surface area contributed by atoms with E-state index in [-0.39, 0.29) is 24.3 Å². The first-order valence-corrected chi connectivity index (χ1v) is 14.7. The second-order valence-electron chi connectivity index (χ2n) is 11.1. The number of hydrogen-bond acceptors (Lipinski definition) is 6. The van der Waals surface area contributed by atoms with Gasteiger partial charge < -0.3 is 15.2 Å². The average Bonchev–Trinajstić information content (AvgIpc) is 3.55. The van der Waals surface area contributed by atoms with E-state index in [1.54, 1.807) is 85.1 Å². The van der Waals surface area contributed by atoms with E-state index in [0.717, 1.165) is 4.57 Å². The Balaban J connectivity index is 1.68. The van der Waals surface area contributed by atoms with Crippen LogP contribution >= 0.6 is 23.2 Å². The van der Waals surface area contributed by atoms with Crippen molar-refractivity contribution in [3.63, 3.8) is 0 Å². The van der Waals surface area contributed by atoms with Crippen molar-refractivity contribution in [1.29, 1.82) is 0 Å². The zero-order valence-electron chi connectivity index (χ0n) is 24.2. The van der Waals surface area contributed by atoms with Gasteiger partial charge in [0.1, 0.15) is 11.9 Å². The molecule has 0 spiro atoms. The van der Waals surface area contributed by atoms with E-state index in [4.69, 9.17) is 43.4 Å². The summed E-state index contributed by atoms with van der Waals surface area (Å²) in [5.74, 6) is -1.05. The van der Waals surface area contributed by atoms with Crippen molar-refractivity contribution in [2.45, 2.75) is 45.2 Å². The molecule has 10 nitrogen and oxygen atoms in total. The summed E-state index contributed by atoms with van der Waals surface area (Å²) in [7, 11) is 0. The molecule has 0 radical (unpaired) electrons. The fourth-order valence-corrected chi connectivity index (χ4v) is 5.86. The molecule has 0 bridgehead atoms. The summed E-state index contributed by atoms with van der Waals surface area (Å²) in [6.45, 7) is 5.55. The normalized spacial score (nSPS) is 16.8. The number of aromatic nitrogens is 4. The van der Waals surface area contributed by atoms with E-state index < -0.39 is 35.1 Å². The molecule has 44 heavy (non-hydrogen) atoms. The Kier molecular flexibility index (Phi) is 7.71. The lowest BCUT2D eigenvalue weighted by atomic mass is 10.1. The van der Waals surface area contributed by atoms with Gasteiger partial charge in [-0.05, 0) is 74.9 Å². The Hall–Kier alpha value is -4.22. The molecule has 226 valence electrons. The molecule has 1 unspecified atom stereocenters. The summed E-state index contributed by atoms with van der Waals surface area (Å²) in [5, 5.41) is 0.932. The summed E-state index contributed by atoms with van der Waals surface area (Å²) in [6.07, 6.45) is -0.540. The number of benzene rings is 3. The number of primary amides is 1. The highest BCUT2D eigenvalue weighted by molar-refractivity contribution is 6.33. The molecule has 3 heterocycles. The average molecular weight is 635 g/mol. The van der Waals surface area contributed by atoms with Crippen LogP contribution in [0.4, 0.5) is 0 Å². The lowest BCUT2D eigenvalue weighted by Gasteiger charge is -2.20. The van der Waals surface area contributed by atoms with Gasteiger partial charge >= 0.3 is 5.69 Å². The Morgan fingerprint density at radius 3 is 2.34 bits per heavy atom. The fourth-order valence-electron chi connectivity index (χ4n) is 5.51. The SMILES string of the molecule is CC(c1ccc(C(N)=O)cc1)n1c(=O)n(C[C@@H]2COC(C)(C)O2)c(=O)c2c1nc(-c1ccccc1Cl)n2-c1ccc(Cl)cc1. The van der Waals surface area contributed by atoms with Crippen molar-refractivity contribution in [3.05, 3.63) is 115 Å². The second-order valence-corrected chi connectivity index (χ2v) is 11.9. The van der Waals surface area contributed by atoms with Crippen molar-refractivity contribution in [1.82, 2.24) is 18.7 Å². The molecule has 0 aliphatic carbocycles. The zero-order valence-corrected chi connectivity index (χ0v) is 25.7. The monoisotopic (exact) mass is 633 g/mol. The van der Waals surface area contributed by atoms with Gasteiger partial charge in [-0.2, -0.15) is 0 Å². The number of ether oxygens (including phenoxy) is 2. The fraction of sp³-hybridized carbons (Fsp3) is 0.250. The first-order valence-electron chi connectivity index (χ1n) is 14.0. The van der Waals surface area contributed by atoms with Crippen LogP contribution in [0.15, 0.2) is 82.4 Å². The highest BCUT2D eigenvalue weighted by Gasteiger charge is 2.35. The van der Waals surface area contributed by atoms with Gasteiger partial charge in [0.05, 0.1) is 24.2 Å². The topological polar surface area (TPSA) is 123 Å². The molecule has 1 saturated heterocycles. The number of imidazole rings is 1. The smallest absolute Gasteiger partial charge is 0.333 e. The molecule has 12 heteroatoms. The number of rotatable bonds is 7. The van der Waals surface area contributed by atoms with Gasteiger partial charge in [-0.3, -0.25) is 23.3 Å². The van der Waals surface area contributed by atoms with Crippen LogP contribution in [0.1, 0.15) is 42.7 Å². The van der Waals surface area contributed by atoms with Crippen molar-refractivity contribution in [2.75, 3.05) is 6.61 Å². The lowest BCUT2D eigenvalue weighted by molar-refractivity contribution is -0.139. The second kappa shape index (κ2) is 11.4. The number of carbonyl (C=O) groups is 1. The van der Waals surface area contributed by atoms with Crippen molar-refractivity contribution in [2.24, 2.45) is 5.73 Å². The van der Waals surface area contributed by atoms with E-state index in [9.17, 15) is 14.4 Å². The third kappa shape index (κ3) is 5.35. The molecule has 2 atom stereocenters. The molecule has 0 saturated carbocycles. The lowest BCUT2D eigenvalue weighted by Crippen LogP contribution is -2.44. The third-order valence-corrected chi connectivity index (χ3v) is 8.27. The Bertz CT molecular complexity index is 2010. The highest BCUT2D eigenvalue weighted by atomic mass is 35.5. The summed E-state index contributed by atoms with van der Waals surface area (Å²) in [4.78, 5) is 45.3. The molecule has 1 fully saturated rings. The number of nitrogens with two attached hydrogens (primary N) is 1. The van der Waals surface area contributed by atoms with Gasteiger partial charge in [-0.1, -0.05) is 47.5 Å². The molecular formula is C32H29Cl2N5O5. The Morgan fingerprint density at radius 2 is 1.73 bits per heavy atom.